The number of nitrogens with zero attached hydrogens (tertiary/aromatic N) is 1. The Morgan fingerprint density at radius 3 is 2.76 bits per heavy atom. The van der Waals surface area contributed by atoms with Crippen LogP contribution >= 0.6 is 11.3 Å². The minimum absolute atomic E-state index is 0.00606. The normalized spacial score (nSPS) is 22.5. The molecule has 2 heterocycles. The first-order valence-electron chi connectivity index (χ1n) is 9.28. The fourth-order valence-corrected chi connectivity index (χ4v) is 4.51. The average Bonchev–Trinajstić information content (AvgIpc) is 3.21. The van der Waals surface area contributed by atoms with Crippen molar-refractivity contribution in [1.82, 2.24) is 10.2 Å². The van der Waals surface area contributed by atoms with Crippen molar-refractivity contribution >= 4 is 23.2 Å². The Labute approximate surface area is 153 Å². The lowest BCUT2D eigenvalue weighted by molar-refractivity contribution is -0.159. The molecule has 0 radical (unpaired) electrons. The topological polar surface area (TPSA) is 58.6 Å². The van der Waals surface area contributed by atoms with Gasteiger partial charge in [0.05, 0.1) is 13.0 Å². The van der Waals surface area contributed by atoms with Crippen LogP contribution in [0.2, 0.25) is 0 Å². The van der Waals surface area contributed by atoms with Gasteiger partial charge in [0.15, 0.2) is 0 Å². The fourth-order valence-electron chi connectivity index (χ4n) is 3.82. The molecule has 5 nitrogen and oxygen atoms in total. The molecule has 1 spiro atoms. The van der Waals surface area contributed by atoms with Gasteiger partial charge in [-0.1, -0.05) is 26.3 Å². The maximum atomic E-state index is 13.1. The Morgan fingerprint density at radius 2 is 2.12 bits per heavy atom. The van der Waals surface area contributed by atoms with Crippen LogP contribution in [-0.2, 0) is 20.7 Å². The van der Waals surface area contributed by atoms with Gasteiger partial charge in [0.1, 0.15) is 11.8 Å². The smallest absolute Gasteiger partial charge is 0.245 e. The molecule has 0 bridgehead atoms. The molecule has 1 aromatic rings. The third-order valence-electron chi connectivity index (χ3n) is 5.06. The molecule has 1 aliphatic carbocycles. The Kier molecular flexibility index (Phi) is 5.79. The molecule has 25 heavy (non-hydrogen) atoms. The van der Waals surface area contributed by atoms with Crippen LogP contribution in [0.1, 0.15) is 50.8 Å². The zero-order valence-electron chi connectivity index (χ0n) is 15.1. The number of ether oxygens (including phenoxy) is 1. The monoisotopic (exact) mass is 364 g/mol. The molecule has 1 aromatic heterocycles. The summed E-state index contributed by atoms with van der Waals surface area (Å²) in [5.41, 5.74) is -0.577. The van der Waals surface area contributed by atoms with Crippen LogP contribution in [0, 0.1) is 5.92 Å². The summed E-state index contributed by atoms with van der Waals surface area (Å²) in [6.45, 7) is 5.05. The van der Waals surface area contributed by atoms with E-state index in [2.05, 4.69) is 19.2 Å². The van der Waals surface area contributed by atoms with Crippen molar-refractivity contribution in [2.24, 2.45) is 5.92 Å². The number of hydrogen-bond acceptors (Lipinski definition) is 4. The van der Waals surface area contributed by atoms with Crippen molar-refractivity contribution in [3.63, 3.8) is 0 Å². The number of carbonyl (C=O) groups is 2. The first kappa shape index (κ1) is 18.4. The Morgan fingerprint density at radius 1 is 1.36 bits per heavy atom. The van der Waals surface area contributed by atoms with Crippen LogP contribution in [-0.4, -0.2) is 41.6 Å². The van der Waals surface area contributed by atoms with E-state index in [1.807, 2.05) is 17.5 Å². The van der Waals surface area contributed by atoms with Crippen molar-refractivity contribution in [1.29, 1.82) is 0 Å². The molecular weight excluding hydrogens is 336 g/mol. The number of carbonyl (C=O) groups excluding carboxylic acids is 2. The van der Waals surface area contributed by atoms with Crippen LogP contribution in [0.25, 0.3) is 0 Å². The molecule has 1 saturated heterocycles. The SMILES string of the molecule is CC(C)CNC(=O)C1COC2(CCCCC2)N1C(=O)Cc1cccs1. The van der Waals surface area contributed by atoms with Crippen molar-refractivity contribution in [2.45, 2.75) is 64.1 Å². The van der Waals surface area contributed by atoms with Crippen molar-refractivity contribution in [3.05, 3.63) is 22.4 Å². The third kappa shape index (κ3) is 4.06. The minimum Gasteiger partial charge on any atom is -0.354 e. The van der Waals surface area contributed by atoms with Crippen LogP contribution in [0.3, 0.4) is 0 Å². The molecule has 0 aromatic carbocycles. The lowest BCUT2D eigenvalue weighted by atomic mass is 9.90. The highest BCUT2D eigenvalue weighted by molar-refractivity contribution is 7.10. The Hall–Kier alpha value is -1.40. The summed E-state index contributed by atoms with van der Waals surface area (Å²) in [7, 11) is 0. The third-order valence-corrected chi connectivity index (χ3v) is 5.93. The van der Waals surface area contributed by atoms with Gasteiger partial charge >= 0.3 is 0 Å². The predicted octanol–water partition coefficient (Wildman–Crippen LogP) is 2.95. The summed E-state index contributed by atoms with van der Waals surface area (Å²) in [4.78, 5) is 28.6. The number of thiophene rings is 1. The van der Waals surface area contributed by atoms with E-state index in [4.69, 9.17) is 4.74 Å². The van der Waals surface area contributed by atoms with Crippen LogP contribution in [0.15, 0.2) is 17.5 Å². The van der Waals surface area contributed by atoms with Crippen molar-refractivity contribution in [2.75, 3.05) is 13.2 Å². The predicted molar refractivity (Wildman–Crippen MR) is 98.3 cm³/mol. The molecule has 1 atom stereocenters. The fraction of sp³-hybridized carbons (Fsp3) is 0.684. The first-order valence-corrected chi connectivity index (χ1v) is 10.2. The van der Waals surface area contributed by atoms with E-state index in [0.29, 0.717) is 25.5 Å². The number of hydrogen-bond donors (Lipinski definition) is 1. The lowest BCUT2D eigenvalue weighted by Crippen LogP contribution is -2.57. The van der Waals surface area contributed by atoms with E-state index in [1.165, 1.54) is 6.42 Å². The number of rotatable bonds is 5. The van der Waals surface area contributed by atoms with Gasteiger partial charge in [-0.15, -0.1) is 11.3 Å². The molecule has 1 unspecified atom stereocenters. The molecule has 1 N–H and O–H groups in total. The van der Waals surface area contributed by atoms with Crippen molar-refractivity contribution < 1.29 is 14.3 Å². The Bertz CT molecular complexity index is 594. The van der Waals surface area contributed by atoms with Gasteiger partial charge in [-0.05, 0) is 43.0 Å². The molecule has 3 rings (SSSR count). The zero-order valence-corrected chi connectivity index (χ0v) is 15.9. The highest BCUT2D eigenvalue weighted by Gasteiger charge is 2.52. The van der Waals surface area contributed by atoms with Crippen LogP contribution in [0.4, 0.5) is 0 Å². The van der Waals surface area contributed by atoms with E-state index in [0.717, 1.165) is 30.6 Å². The van der Waals surface area contributed by atoms with Gasteiger partial charge in [-0.25, -0.2) is 0 Å². The molecule has 1 saturated carbocycles. The van der Waals surface area contributed by atoms with Gasteiger partial charge < -0.3 is 10.1 Å². The molecule has 6 heteroatoms. The first-order chi connectivity index (χ1) is 12.0. The van der Waals surface area contributed by atoms with Gasteiger partial charge in [0, 0.05) is 11.4 Å². The zero-order chi connectivity index (χ0) is 17.9. The maximum absolute atomic E-state index is 13.1. The van der Waals surface area contributed by atoms with E-state index >= 15 is 0 Å². The quantitative estimate of drug-likeness (QED) is 0.874. The van der Waals surface area contributed by atoms with Crippen LogP contribution in [0.5, 0.6) is 0 Å². The largest absolute Gasteiger partial charge is 0.354 e. The summed E-state index contributed by atoms with van der Waals surface area (Å²) in [5.74, 6) is 0.299. The van der Waals surface area contributed by atoms with Crippen molar-refractivity contribution in [3.8, 4) is 0 Å². The maximum Gasteiger partial charge on any atom is 0.245 e. The van der Waals surface area contributed by atoms with Crippen LogP contribution < -0.4 is 5.32 Å². The lowest BCUT2D eigenvalue weighted by Gasteiger charge is -2.41. The molecule has 2 fully saturated rings. The molecule has 138 valence electrons. The molecule has 2 aliphatic rings. The summed E-state index contributed by atoms with van der Waals surface area (Å²) < 4.78 is 6.12. The highest BCUT2D eigenvalue weighted by atomic mass is 32.1. The molecule has 1 aliphatic heterocycles. The average molecular weight is 365 g/mol. The van der Waals surface area contributed by atoms with Gasteiger partial charge in [-0.3, -0.25) is 14.5 Å². The number of amides is 2. The van der Waals surface area contributed by atoms with Gasteiger partial charge in [-0.2, -0.15) is 0 Å². The number of nitrogens with one attached hydrogen (secondary N) is 1. The summed E-state index contributed by atoms with van der Waals surface area (Å²) in [6.07, 6.45) is 5.26. The van der Waals surface area contributed by atoms with E-state index in [1.54, 1.807) is 16.2 Å². The highest BCUT2D eigenvalue weighted by Crippen LogP contribution is 2.41. The second-order valence-electron chi connectivity index (χ2n) is 7.49. The van der Waals surface area contributed by atoms with E-state index in [9.17, 15) is 9.59 Å². The Balaban J connectivity index is 1.79. The second kappa shape index (κ2) is 7.87. The molecule has 2 amide bonds. The van der Waals surface area contributed by atoms with Gasteiger partial charge in [0.2, 0.25) is 11.8 Å². The molecular formula is C19H28N2O3S. The minimum atomic E-state index is -0.577. The summed E-state index contributed by atoms with van der Waals surface area (Å²) in [6, 6.07) is 3.42. The second-order valence-corrected chi connectivity index (χ2v) is 8.52. The van der Waals surface area contributed by atoms with E-state index in [-0.39, 0.29) is 11.8 Å². The summed E-state index contributed by atoms with van der Waals surface area (Å²) >= 11 is 1.58. The van der Waals surface area contributed by atoms with Gasteiger partial charge in [0.25, 0.3) is 0 Å². The van der Waals surface area contributed by atoms with E-state index < -0.39 is 11.8 Å². The summed E-state index contributed by atoms with van der Waals surface area (Å²) in [5, 5.41) is 4.96. The standard InChI is InChI=1S/C19H28N2O3S/c1-14(2)12-20-18(23)16-13-24-19(8-4-3-5-9-19)21(16)17(22)11-15-7-6-10-25-15/h6-7,10,14,16H,3-5,8-9,11-13H2,1-2H3,(H,20,23).